The van der Waals surface area contributed by atoms with Gasteiger partial charge in [0.25, 0.3) is 0 Å². The van der Waals surface area contributed by atoms with Gasteiger partial charge < -0.3 is 15.1 Å². The average molecular weight is 751 g/mol. The highest BCUT2D eigenvalue weighted by Crippen LogP contribution is 2.45. The molecule has 2 aliphatic carbocycles. The first-order valence-corrected chi connectivity index (χ1v) is 20.2. The Labute approximate surface area is 331 Å². The van der Waals surface area contributed by atoms with Gasteiger partial charge in [0.05, 0.1) is 17.3 Å². The number of nitrogens with one attached hydrogen (secondary N) is 1. The maximum absolute atomic E-state index is 12.9. The van der Waals surface area contributed by atoms with Crippen LogP contribution in [0.3, 0.4) is 0 Å². The quantitative estimate of drug-likeness (QED) is 0.115. The summed E-state index contributed by atoms with van der Waals surface area (Å²) in [7, 11) is 8.43. The molecule has 1 amide bonds. The van der Waals surface area contributed by atoms with E-state index in [4.69, 9.17) is 4.98 Å². The number of carbonyl (C=O) groups is 2. The highest BCUT2D eigenvalue weighted by Gasteiger charge is 2.30. The topological polar surface area (TPSA) is 65.5 Å². The fourth-order valence-corrected chi connectivity index (χ4v) is 8.66. The highest BCUT2D eigenvalue weighted by molar-refractivity contribution is 7.15. The molecule has 1 aromatic heterocycles. The SMILES string of the molecule is CC(C(=O)NCC(=O)c1ccccc1)C1=C(CCN(C)C)Cc2ccccc21.CC(C1=C(CCN(C)C)Cc2ccccc21)c1ncc(-c2ccccc2)s1. The van der Waals surface area contributed by atoms with Gasteiger partial charge in [-0.15, -0.1) is 11.3 Å². The second-order valence-electron chi connectivity index (χ2n) is 15.2. The van der Waals surface area contributed by atoms with Crippen molar-refractivity contribution in [3.63, 3.8) is 0 Å². The second kappa shape index (κ2) is 18.6. The predicted octanol–water partition coefficient (Wildman–Crippen LogP) is 9.46. The maximum atomic E-state index is 12.9. The van der Waals surface area contributed by atoms with Crippen LogP contribution in [-0.2, 0) is 17.6 Å². The second-order valence-corrected chi connectivity index (χ2v) is 16.3. The van der Waals surface area contributed by atoms with Crippen molar-refractivity contribution in [2.75, 3.05) is 47.8 Å². The molecule has 2 aliphatic rings. The molecule has 0 radical (unpaired) electrons. The zero-order valence-electron chi connectivity index (χ0n) is 33.1. The van der Waals surface area contributed by atoms with Crippen LogP contribution in [0.1, 0.15) is 70.2 Å². The minimum atomic E-state index is -0.288. The molecule has 0 saturated carbocycles. The van der Waals surface area contributed by atoms with Gasteiger partial charge in [0.1, 0.15) is 5.01 Å². The number of thiazole rings is 1. The molecule has 284 valence electrons. The molecule has 7 heteroatoms. The number of ketones is 1. The molecular formula is C48H54N4O2S. The van der Waals surface area contributed by atoms with Crippen LogP contribution in [0.25, 0.3) is 21.6 Å². The van der Waals surface area contributed by atoms with E-state index in [0.29, 0.717) is 11.5 Å². The zero-order chi connectivity index (χ0) is 38.9. The summed E-state index contributed by atoms with van der Waals surface area (Å²) >= 11 is 1.83. The molecule has 2 atom stereocenters. The summed E-state index contributed by atoms with van der Waals surface area (Å²) in [5.74, 6) is -0.134. The standard InChI is InChI=1S/C24H28N2O2.C24H26N2S/c1-17(24(28)25-16-22(27)18-9-5-4-6-10-18)23-20(13-14-26(2)3)15-19-11-7-8-12-21(19)23;1-17(24-25-16-22(27-24)18-9-5-4-6-10-18)23-20(13-14-26(2)3)15-19-11-7-8-12-21(19)23/h4-12,17H,13-16H2,1-3H3,(H,25,28);4-12,16-17H,13-15H2,1-3H3. The van der Waals surface area contributed by atoms with E-state index < -0.39 is 0 Å². The third kappa shape index (κ3) is 9.84. The van der Waals surface area contributed by atoms with Crippen molar-refractivity contribution in [3.05, 3.63) is 159 Å². The monoisotopic (exact) mass is 750 g/mol. The fraction of sp³-hybridized carbons (Fsp3) is 0.312. The smallest absolute Gasteiger partial charge is 0.227 e. The normalized spacial score (nSPS) is 14.4. The molecule has 4 aromatic carbocycles. The molecule has 1 N–H and O–H groups in total. The Morgan fingerprint density at radius 1 is 0.691 bits per heavy atom. The van der Waals surface area contributed by atoms with Gasteiger partial charge in [0.15, 0.2) is 5.78 Å². The summed E-state index contributed by atoms with van der Waals surface area (Å²) in [6, 6.07) is 36.8. The van der Waals surface area contributed by atoms with Gasteiger partial charge >= 0.3 is 0 Å². The minimum Gasteiger partial charge on any atom is -0.348 e. The lowest BCUT2D eigenvalue weighted by Gasteiger charge is -2.18. The summed E-state index contributed by atoms with van der Waals surface area (Å²) in [4.78, 5) is 35.7. The third-order valence-electron chi connectivity index (χ3n) is 10.6. The van der Waals surface area contributed by atoms with Gasteiger partial charge in [-0.3, -0.25) is 9.59 Å². The van der Waals surface area contributed by atoms with E-state index in [1.54, 1.807) is 17.7 Å². The van der Waals surface area contributed by atoms with Crippen LogP contribution in [-0.4, -0.2) is 74.3 Å². The molecular weight excluding hydrogens is 697 g/mol. The molecule has 0 fully saturated rings. The number of allylic oxidation sites excluding steroid dienone is 1. The summed E-state index contributed by atoms with van der Waals surface area (Å²) in [6.45, 7) is 6.32. The lowest BCUT2D eigenvalue weighted by Crippen LogP contribution is -2.34. The van der Waals surface area contributed by atoms with Crippen LogP contribution in [0.5, 0.6) is 0 Å². The van der Waals surface area contributed by atoms with Gasteiger partial charge in [-0.2, -0.15) is 0 Å². The van der Waals surface area contributed by atoms with Crippen molar-refractivity contribution in [3.8, 4) is 10.4 Å². The van der Waals surface area contributed by atoms with E-state index in [0.717, 1.165) is 44.3 Å². The van der Waals surface area contributed by atoms with Crippen molar-refractivity contribution in [1.29, 1.82) is 0 Å². The van der Waals surface area contributed by atoms with Crippen molar-refractivity contribution in [1.82, 2.24) is 20.1 Å². The van der Waals surface area contributed by atoms with Crippen LogP contribution >= 0.6 is 11.3 Å². The summed E-state index contributed by atoms with van der Waals surface area (Å²) in [6.07, 6.45) is 6.09. The lowest BCUT2D eigenvalue weighted by molar-refractivity contribution is -0.122. The van der Waals surface area contributed by atoms with Crippen molar-refractivity contribution < 1.29 is 9.59 Å². The van der Waals surface area contributed by atoms with Crippen molar-refractivity contribution in [2.45, 2.75) is 45.4 Å². The van der Waals surface area contributed by atoms with Crippen molar-refractivity contribution >= 4 is 34.2 Å². The van der Waals surface area contributed by atoms with Gasteiger partial charge in [-0.1, -0.05) is 127 Å². The summed E-state index contributed by atoms with van der Waals surface area (Å²) in [5.41, 5.74) is 12.8. The molecule has 55 heavy (non-hydrogen) atoms. The minimum absolute atomic E-state index is 0.0230. The van der Waals surface area contributed by atoms with E-state index in [9.17, 15) is 9.59 Å². The van der Waals surface area contributed by atoms with Gasteiger partial charge in [0, 0.05) is 30.8 Å². The van der Waals surface area contributed by atoms with Gasteiger partial charge in [0.2, 0.25) is 5.91 Å². The number of hydrogen-bond acceptors (Lipinski definition) is 6. The first-order chi connectivity index (χ1) is 26.6. The van der Waals surface area contributed by atoms with E-state index in [2.05, 4.69) is 123 Å². The zero-order valence-corrected chi connectivity index (χ0v) is 34.0. The Morgan fingerprint density at radius 3 is 1.78 bits per heavy atom. The van der Waals surface area contributed by atoms with Crippen LogP contribution in [0.2, 0.25) is 0 Å². The maximum Gasteiger partial charge on any atom is 0.227 e. The van der Waals surface area contributed by atoms with Crippen LogP contribution in [0.15, 0.2) is 127 Å². The predicted molar refractivity (Wildman–Crippen MR) is 229 cm³/mol. The molecule has 7 rings (SSSR count). The number of amides is 1. The van der Waals surface area contributed by atoms with Crippen LogP contribution < -0.4 is 5.32 Å². The first kappa shape index (κ1) is 39.7. The Bertz CT molecular complexity index is 2150. The number of Topliss-reactive ketones (excluding diaryl/α,β-unsaturated/α-hetero) is 1. The van der Waals surface area contributed by atoms with Crippen LogP contribution in [0.4, 0.5) is 0 Å². The van der Waals surface area contributed by atoms with E-state index in [1.807, 2.05) is 48.7 Å². The Hall–Kier alpha value is -4.95. The fourth-order valence-electron chi connectivity index (χ4n) is 7.67. The number of carbonyl (C=O) groups excluding carboxylic acids is 2. The molecule has 0 saturated heterocycles. The number of hydrogen-bond donors (Lipinski definition) is 1. The Kier molecular flexibility index (Phi) is 13.4. The molecule has 2 unspecified atom stereocenters. The van der Waals surface area contributed by atoms with Gasteiger partial charge in [-0.05, 0) is 99.8 Å². The summed E-state index contributed by atoms with van der Waals surface area (Å²) in [5, 5.41) is 4.05. The Balaban J connectivity index is 0.000000187. The number of aromatic nitrogens is 1. The van der Waals surface area contributed by atoms with Crippen molar-refractivity contribution in [2.24, 2.45) is 5.92 Å². The van der Waals surface area contributed by atoms with Crippen LogP contribution in [0, 0.1) is 5.92 Å². The average Bonchev–Trinajstić information content (AvgIpc) is 3.94. The number of nitrogens with zero attached hydrogens (tertiary/aromatic N) is 3. The third-order valence-corrected chi connectivity index (χ3v) is 11.9. The number of fused-ring (bicyclic) bond motifs is 2. The van der Waals surface area contributed by atoms with E-state index >= 15 is 0 Å². The molecule has 0 bridgehead atoms. The largest absolute Gasteiger partial charge is 0.348 e. The van der Waals surface area contributed by atoms with Gasteiger partial charge in [-0.25, -0.2) is 4.98 Å². The number of rotatable bonds is 14. The first-order valence-electron chi connectivity index (χ1n) is 19.4. The van der Waals surface area contributed by atoms with E-state index in [-0.39, 0.29) is 24.2 Å². The summed E-state index contributed by atoms with van der Waals surface area (Å²) < 4.78 is 0. The molecule has 6 nitrogen and oxygen atoms in total. The molecule has 1 heterocycles. The van der Waals surface area contributed by atoms with E-state index in [1.165, 1.54) is 48.8 Å². The molecule has 5 aromatic rings. The highest BCUT2D eigenvalue weighted by atomic mass is 32.1. The molecule has 0 spiro atoms. The lowest BCUT2D eigenvalue weighted by atomic mass is 9.91. The molecule has 0 aliphatic heterocycles. The Morgan fingerprint density at radius 2 is 1.20 bits per heavy atom. The number of benzene rings is 4.